The summed E-state index contributed by atoms with van der Waals surface area (Å²) in [4.78, 5) is 10.9. The molecular formula is C16H13F8NO2. The molecule has 1 amide bonds. The van der Waals surface area contributed by atoms with Gasteiger partial charge in [-0.2, -0.15) is 35.1 Å². The summed E-state index contributed by atoms with van der Waals surface area (Å²) in [5.74, 6) is -7.36. The molecule has 1 aliphatic heterocycles. The highest BCUT2D eigenvalue weighted by Crippen LogP contribution is 2.46. The molecule has 0 radical (unpaired) electrons. The van der Waals surface area contributed by atoms with E-state index in [1.54, 1.807) is 5.32 Å². The van der Waals surface area contributed by atoms with Crippen LogP contribution in [-0.4, -0.2) is 30.4 Å². The average molecular weight is 403 g/mol. The summed E-state index contributed by atoms with van der Waals surface area (Å²) in [6.07, 6.45) is -9.82. The molecule has 0 aromatic heterocycles. The molecule has 0 aliphatic carbocycles. The van der Waals surface area contributed by atoms with Gasteiger partial charge >= 0.3 is 24.2 Å². The minimum absolute atomic E-state index is 0.0207. The zero-order valence-corrected chi connectivity index (χ0v) is 13.9. The number of amides is 1. The maximum Gasteiger partial charge on any atom is 0.471 e. The first kappa shape index (κ1) is 21.0. The van der Waals surface area contributed by atoms with Gasteiger partial charge in [0.2, 0.25) is 0 Å². The lowest BCUT2D eigenvalue weighted by atomic mass is 9.91. The lowest BCUT2D eigenvalue weighted by Crippen LogP contribution is -2.43. The Morgan fingerprint density at radius 1 is 1.07 bits per heavy atom. The molecule has 1 aliphatic rings. The smallest absolute Gasteiger partial charge is 0.471 e. The Balaban J connectivity index is 2.38. The lowest BCUT2D eigenvalue weighted by Gasteiger charge is -2.34. The number of carbonyl (C=O) groups is 1. The van der Waals surface area contributed by atoms with Crippen LogP contribution in [0.25, 0.3) is 6.08 Å². The summed E-state index contributed by atoms with van der Waals surface area (Å²) < 4.78 is 107. The Labute approximate surface area is 148 Å². The molecule has 1 aromatic carbocycles. The highest BCUT2D eigenvalue weighted by atomic mass is 19.4. The minimum Gasteiger partial charge on any atom is -0.483 e. The summed E-state index contributed by atoms with van der Waals surface area (Å²) in [6.45, 7) is 2.25. The highest BCUT2D eigenvalue weighted by Gasteiger charge is 2.58. The molecule has 0 bridgehead atoms. The molecular weight excluding hydrogens is 390 g/mol. The third kappa shape index (κ3) is 4.16. The van der Waals surface area contributed by atoms with Gasteiger partial charge in [0.05, 0.1) is 0 Å². The van der Waals surface area contributed by atoms with Crippen LogP contribution < -0.4 is 10.1 Å². The Kier molecular flexibility index (Phi) is 4.96. The first-order valence-electron chi connectivity index (χ1n) is 7.40. The summed E-state index contributed by atoms with van der Waals surface area (Å²) in [5.41, 5.74) is -2.68. The summed E-state index contributed by atoms with van der Waals surface area (Å²) >= 11 is 0. The molecule has 1 N–H and O–H groups in total. The standard InChI is InChI=1S/C16H13F8NO2/c1-13(2)10(7-25-12(26)15(19,20)21)6-8-5-9(3-4-11(8)27-13)14(17,18)16(22,23)24/h3-6H,7H2,1-2H3,(H,25,26). The predicted molar refractivity (Wildman–Crippen MR) is 78.1 cm³/mol. The lowest BCUT2D eigenvalue weighted by molar-refractivity contribution is -0.289. The van der Waals surface area contributed by atoms with Gasteiger partial charge in [-0.3, -0.25) is 4.79 Å². The maximum absolute atomic E-state index is 13.5. The van der Waals surface area contributed by atoms with Crippen LogP contribution in [0.15, 0.2) is 23.8 Å². The van der Waals surface area contributed by atoms with Gasteiger partial charge in [0.25, 0.3) is 0 Å². The van der Waals surface area contributed by atoms with Crippen LogP contribution in [0, 0.1) is 0 Å². The Morgan fingerprint density at radius 3 is 2.19 bits per heavy atom. The second-order valence-corrected chi connectivity index (χ2v) is 6.29. The molecule has 150 valence electrons. The first-order chi connectivity index (χ1) is 12.1. The van der Waals surface area contributed by atoms with Gasteiger partial charge in [-0.1, -0.05) is 0 Å². The van der Waals surface area contributed by atoms with Crippen molar-refractivity contribution in [1.29, 1.82) is 0 Å². The van der Waals surface area contributed by atoms with Gasteiger partial charge in [0.1, 0.15) is 11.4 Å². The van der Waals surface area contributed by atoms with Crippen LogP contribution in [0.1, 0.15) is 25.0 Å². The topological polar surface area (TPSA) is 38.3 Å². The highest BCUT2D eigenvalue weighted by molar-refractivity contribution is 5.82. The molecule has 2 rings (SSSR count). The zero-order valence-electron chi connectivity index (χ0n) is 13.9. The number of hydrogen-bond acceptors (Lipinski definition) is 2. The summed E-state index contributed by atoms with van der Waals surface area (Å²) in [7, 11) is 0. The predicted octanol–water partition coefficient (Wildman–Crippen LogP) is 4.57. The van der Waals surface area contributed by atoms with Gasteiger partial charge in [-0.05, 0) is 43.7 Å². The van der Waals surface area contributed by atoms with E-state index in [2.05, 4.69) is 0 Å². The van der Waals surface area contributed by atoms with E-state index in [0.29, 0.717) is 12.1 Å². The van der Waals surface area contributed by atoms with Crippen molar-refractivity contribution in [2.45, 2.75) is 37.7 Å². The third-order valence-electron chi connectivity index (χ3n) is 3.89. The molecule has 0 saturated carbocycles. The number of rotatable bonds is 3. The van der Waals surface area contributed by atoms with E-state index in [-0.39, 0.29) is 16.9 Å². The molecule has 0 fully saturated rings. The van der Waals surface area contributed by atoms with Crippen LogP contribution in [-0.2, 0) is 10.7 Å². The van der Waals surface area contributed by atoms with E-state index in [0.717, 1.165) is 12.1 Å². The molecule has 3 nitrogen and oxygen atoms in total. The molecule has 0 spiro atoms. The van der Waals surface area contributed by atoms with Crippen LogP contribution in [0.2, 0.25) is 0 Å². The van der Waals surface area contributed by atoms with E-state index < -0.39 is 41.9 Å². The number of ether oxygens (including phenoxy) is 1. The molecule has 0 atom stereocenters. The van der Waals surface area contributed by atoms with Crippen molar-refractivity contribution in [3.05, 3.63) is 34.9 Å². The van der Waals surface area contributed by atoms with E-state index in [9.17, 15) is 39.9 Å². The van der Waals surface area contributed by atoms with E-state index in [1.165, 1.54) is 13.8 Å². The van der Waals surface area contributed by atoms with E-state index in [1.807, 2.05) is 0 Å². The second kappa shape index (κ2) is 6.38. The molecule has 1 heterocycles. The SMILES string of the molecule is CC1(C)Oc2ccc(C(F)(F)C(F)(F)F)cc2C=C1CNC(=O)C(F)(F)F. The van der Waals surface area contributed by atoms with Crippen LogP contribution >= 0.6 is 0 Å². The van der Waals surface area contributed by atoms with Crippen molar-refractivity contribution >= 4 is 12.0 Å². The second-order valence-electron chi connectivity index (χ2n) is 6.29. The summed E-state index contributed by atoms with van der Waals surface area (Å²) in [5, 5.41) is 1.61. The van der Waals surface area contributed by atoms with Gasteiger partial charge in [-0.25, -0.2) is 0 Å². The van der Waals surface area contributed by atoms with Gasteiger partial charge < -0.3 is 10.1 Å². The monoisotopic (exact) mass is 403 g/mol. The van der Waals surface area contributed by atoms with Crippen LogP contribution in [0.4, 0.5) is 35.1 Å². The van der Waals surface area contributed by atoms with Crippen molar-refractivity contribution in [1.82, 2.24) is 5.32 Å². The number of halogens is 8. The van der Waals surface area contributed by atoms with Crippen molar-refractivity contribution in [2.24, 2.45) is 0 Å². The minimum atomic E-state index is -5.82. The quantitative estimate of drug-likeness (QED) is 0.751. The van der Waals surface area contributed by atoms with Crippen molar-refractivity contribution in [2.75, 3.05) is 6.54 Å². The van der Waals surface area contributed by atoms with Gasteiger partial charge in [0, 0.05) is 17.7 Å². The Morgan fingerprint density at radius 2 is 1.67 bits per heavy atom. The number of carbonyl (C=O) groups excluding carboxylic acids is 1. The maximum atomic E-state index is 13.5. The van der Waals surface area contributed by atoms with Gasteiger partial charge in [0.15, 0.2) is 0 Å². The number of fused-ring (bicyclic) bond motifs is 1. The van der Waals surface area contributed by atoms with Crippen LogP contribution in [0.5, 0.6) is 5.75 Å². The molecule has 0 unspecified atom stereocenters. The zero-order chi connectivity index (χ0) is 20.8. The van der Waals surface area contributed by atoms with Gasteiger partial charge in [-0.15, -0.1) is 0 Å². The Bertz CT molecular complexity index is 778. The van der Waals surface area contributed by atoms with Crippen molar-refractivity contribution in [3.8, 4) is 5.75 Å². The number of alkyl halides is 8. The molecule has 27 heavy (non-hydrogen) atoms. The largest absolute Gasteiger partial charge is 0.483 e. The van der Waals surface area contributed by atoms with Crippen LogP contribution in [0.3, 0.4) is 0 Å². The fourth-order valence-electron chi connectivity index (χ4n) is 2.35. The third-order valence-corrected chi connectivity index (χ3v) is 3.89. The van der Waals surface area contributed by atoms with Crippen molar-refractivity contribution < 1.29 is 44.7 Å². The normalized spacial score (nSPS) is 16.9. The number of benzene rings is 1. The molecule has 1 aromatic rings. The first-order valence-corrected chi connectivity index (χ1v) is 7.40. The fraction of sp³-hybridized carbons (Fsp3) is 0.438. The molecule has 11 heteroatoms. The van der Waals surface area contributed by atoms with Crippen molar-refractivity contribution in [3.63, 3.8) is 0 Å². The van der Waals surface area contributed by atoms with E-state index in [4.69, 9.17) is 4.74 Å². The average Bonchev–Trinajstić information content (AvgIpc) is 2.49. The summed E-state index contributed by atoms with van der Waals surface area (Å²) in [6, 6.07) is 2.03. The number of nitrogens with one attached hydrogen (secondary N) is 1. The number of hydrogen-bond donors (Lipinski definition) is 1. The van der Waals surface area contributed by atoms with E-state index >= 15 is 0 Å². The molecule has 0 saturated heterocycles. The Hall–Kier alpha value is -2.33. The fourth-order valence-corrected chi connectivity index (χ4v) is 2.35.